The van der Waals surface area contributed by atoms with Gasteiger partial charge in [-0.3, -0.25) is 14.4 Å². The average molecular weight is 590 g/mol. The Morgan fingerprint density at radius 2 is 1.69 bits per heavy atom. The van der Waals surface area contributed by atoms with Crippen LogP contribution < -0.4 is 5.32 Å². The highest BCUT2D eigenvalue weighted by atomic mass is 16.5. The van der Waals surface area contributed by atoms with Crippen LogP contribution in [0.25, 0.3) is 0 Å². The van der Waals surface area contributed by atoms with Gasteiger partial charge in [0.1, 0.15) is 0 Å². The molecule has 0 bridgehead atoms. The van der Waals surface area contributed by atoms with Gasteiger partial charge in [0.2, 0.25) is 17.7 Å². The van der Waals surface area contributed by atoms with E-state index in [1.807, 2.05) is 56.1 Å². The number of hydrogen-bond acceptors (Lipinski definition) is 6. The summed E-state index contributed by atoms with van der Waals surface area (Å²) in [5.74, 6) is -0.424. The number of likely N-dealkylation sites (N-methyl/N-ethyl adjacent to an activating group) is 1. The maximum atomic E-state index is 13.8. The van der Waals surface area contributed by atoms with Crippen LogP contribution >= 0.6 is 0 Å². The van der Waals surface area contributed by atoms with Crippen LogP contribution in [0.15, 0.2) is 30.3 Å². The molecule has 0 radical (unpaired) electrons. The van der Waals surface area contributed by atoms with E-state index < -0.39 is 30.3 Å². The molecule has 9 nitrogen and oxygen atoms in total. The molecule has 1 saturated heterocycles. The van der Waals surface area contributed by atoms with Gasteiger partial charge < -0.3 is 29.7 Å². The molecule has 1 aliphatic rings. The third kappa shape index (κ3) is 9.25. The molecule has 1 aliphatic heterocycles. The summed E-state index contributed by atoms with van der Waals surface area (Å²) in [5.41, 5.74) is 0.730. The van der Waals surface area contributed by atoms with Gasteiger partial charge in [0.15, 0.2) is 0 Å². The minimum Gasteiger partial charge on any atom is -0.386 e. The Hall–Kier alpha value is -2.49. The van der Waals surface area contributed by atoms with Crippen LogP contribution in [-0.2, 0) is 23.9 Å². The predicted octanol–water partition coefficient (Wildman–Crippen LogP) is 4.19. The average Bonchev–Trinajstić information content (AvgIpc) is 3.46. The van der Waals surface area contributed by atoms with E-state index in [9.17, 15) is 19.5 Å². The topological polar surface area (TPSA) is 108 Å². The summed E-state index contributed by atoms with van der Waals surface area (Å²) in [7, 11) is 4.99. The molecule has 1 aromatic rings. The number of methoxy groups -OCH3 is 2. The number of ether oxygens (including phenoxy) is 2. The molecule has 1 fully saturated rings. The van der Waals surface area contributed by atoms with Crippen molar-refractivity contribution >= 4 is 17.7 Å². The van der Waals surface area contributed by atoms with E-state index >= 15 is 0 Å². The lowest BCUT2D eigenvalue weighted by Crippen LogP contribution is -2.53. The fourth-order valence-electron chi connectivity index (χ4n) is 6.19. The number of carbonyl (C=O) groups is 3. The molecule has 0 aromatic heterocycles. The largest absolute Gasteiger partial charge is 0.386 e. The highest BCUT2D eigenvalue weighted by molar-refractivity contribution is 5.81. The van der Waals surface area contributed by atoms with Gasteiger partial charge in [0.25, 0.3) is 0 Å². The highest BCUT2D eigenvalue weighted by Gasteiger charge is 2.42. The number of rotatable bonds is 16. The molecule has 8 atom stereocenters. The second-order valence-electron chi connectivity index (χ2n) is 12.4. The molecule has 238 valence electrons. The number of hydrogen-bond donors (Lipinski definition) is 2. The Labute approximate surface area is 253 Å². The minimum absolute atomic E-state index is 0.0507. The van der Waals surface area contributed by atoms with Crippen molar-refractivity contribution in [2.75, 3.05) is 27.8 Å². The van der Waals surface area contributed by atoms with Crippen molar-refractivity contribution in [2.24, 2.45) is 17.8 Å². The molecule has 2 rings (SSSR count). The molecule has 42 heavy (non-hydrogen) atoms. The summed E-state index contributed by atoms with van der Waals surface area (Å²) < 4.78 is 11.8. The van der Waals surface area contributed by atoms with Crippen LogP contribution in [0.4, 0.5) is 0 Å². The normalized spacial score (nSPS) is 20.4. The number of amides is 3. The Morgan fingerprint density at radius 3 is 2.24 bits per heavy atom. The zero-order valence-corrected chi connectivity index (χ0v) is 27.2. The Kier molecular flexibility index (Phi) is 14.4. The lowest BCUT2D eigenvalue weighted by atomic mass is 9.90. The highest BCUT2D eigenvalue weighted by Crippen LogP contribution is 2.30. The lowest BCUT2D eigenvalue weighted by Gasteiger charge is -2.39. The van der Waals surface area contributed by atoms with Crippen LogP contribution in [0.2, 0.25) is 0 Å². The summed E-state index contributed by atoms with van der Waals surface area (Å²) in [6.07, 6.45) is 1.15. The maximum absolute atomic E-state index is 13.8. The van der Waals surface area contributed by atoms with Crippen molar-refractivity contribution in [1.29, 1.82) is 0 Å². The Morgan fingerprint density at radius 1 is 1.05 bits per heavy atom. The van der Waals surface area contributed by atoms with Crippen LogP contribution in [-0.4, -0.2) is 90.8 Å². The first-order valence-corrected chi connectivity index (χ1v) is 15.5. The maximum Gasteiger partial charge on any atom is 0.225 e. The van der Waals surface area contributed by atoms with Gasteiger partial charge in [-0.15, -0.1) is 0 Å². The fourth-order valence-corrected chi connectivity index (χ4v) is 6.19. The zero-order valence-electron chi connectivity index (χ0n) is 27.2. The van der Waals surface area contributed by atoms with Gasteiger partial charge in [-0.05, 0) is 37.2 Å². The van der Waals surface area contributed by atoms with E-state index in [4.69, 9.17) is 9.47 Å². The number of likely N-dealkylation sites (tertiary alicyclic amines) is 1. The van der Waals surface area contributed by atoms with Crippen LogP contribution in [0.3, 0.4) is 0 Å². The second-order valence-corrected chi connectivity index (χ2v) is 12.4. The molecule has 3 amide bonds. The van der Waals surface area contributed by atoms with Crippen molar-refractivity contribution in [3.63, 3.8) is 0 Å². The quantitative estimate of drug-likeness (QED) is 0.299. The second kappa shape index (κ2) is 17.0. The number of carbonyl (C=O) groups excluding carboxylic acids is 3. The molecule has 2 unspecified atom stereocenters. The first-order chi connectivity index (χ1) is 19.9. The molecule has 1 heterocycles. The smallest absolute Gasteiger partial charge is 0.225 e. The molecule has 2 N–H and O–H groups in total. The number of benzene rings is 1. The van der Waals surface area contributed by atoms with Crippen LogP contribution in [0, 0.1) is 17.8 Å². The van der Waals surface area contributed by atoms with Gasteiger partial charge in [-0.1, -0.05) is 71.4 Å². The Balaban J connectivity index is 2.15. The van der Waals surface area contributed by atoms with E-state index in [2.05, 4.69) is 19.2 Å². The van der Waals surface area contributed by atoms with Crippen molar-refractivity contribution < 1.29 is 29.0 Å². The predicted molar refractivity (Wildman–Crippen MR) is 165 cm³/mol. The number of aliphatic hydroxyl groups excluding tert-OH is 1. The summed E-state index contributed by atoms with van der Waals surface area (Å²) in [4.78, 5) is 43.7. The number of nitrogens with zero attached hydrogens (tertiary/aromatic N) is 2. The fraction of sp³-hybridized carbons (Fsp3) is 0.727. The molecular weight excluding hydrogens is 534 g/mol. The first kappa shape index (κ1) is 35.7. The summed E-state index contributed by atoms with van der Waals surface area (Å²) in [6, 6.07) is 8.22. The van der Waals surface area contributed by atoms with Crippen LogP contribution in [0.5, 0.6) is 0 Å². The van der Waals surface area contributed by atoms with E-state index in [0.29, 0.717) is 13.0 Å². The third-order valence-electron chi connectivity index (χ3n) is 8.87. The van der Waals surface area contributed by atoms with E-state index in [0.717, 1.165) is 24.8 Å². The van der Waals surface area contributed by atoms with Crippen molar-refractivity contribution in [3.8, 4) is 0 Å². The molecule has 0 saturated carbocycles. The van der Waals surface area contributed by atoms with Gasteiger partial charge in [-0.25, -0.2) is 0 Å². The van der Waals surface area contributed by atoms with Crippen molar-refractivity contribution in [1.82, 2.24) is 15.1 Å². The molecule has 9 heteroatoms. The standard InChI is InChI=1S/C33H55N3O6/c1-10-22(4)30(35(7)28(37)19-21(2)3)27(41-8)20-29(38)36-18-14-17-26(36)32(42-9)23(5)33(40)34-24(6)31(39)25-15-12-11-13-16-25/h11-13,15-16,21-24,26-27,30-32,39H,10,14,17-20H2,1-9H3,(H,34,40)/t22-,23+,24+,26-,27?,30-,31+,32?/m0/s1. The SMILES string of the molecule is CC[C@H](C)[C@@H](C(CC(=O)N1CCC[C@H]1C(OC)[C@@H](C)C(=O)N[C@H](C)[C@@H](O)c1ccccc1)OC)N(C)C(=O)CC(C)C. The lowest BCUT2D eigenvalue weighted by molar-refractivity contribution is -0.146. The van der Waals surface area contributed by atoms with Gasteiger partial charge in [0.05, 0.1) is 48.8 Å². The van der Waals surface area contributed by atoms with Gasteiger partial charge >= 0.3 is 0 Å². The van der Waals surface area contributed by atoms with Crippen molar-refractivity contribution in [3.05, 3.63) is 35.9 Å². The van der Waals surface area contributed by atoms with Crippen LogP contribution in [0.1, 0.15) is 85.3 Å². The monoisotopic (exact) mass is 589 g/mol. The van der Waals surface area contributed by atoms with Gasteiger partial charge in [0, 0.05) is 34.2 Å². The molecule has 0 aliphatic carbocycles. The minimum atomic E-state index is -0.845. The summed E-state index contributed by atoms with van der Waals surface area (Å²) in [6.45, 7) is 12.4. The van der Waals surface area contributed by atoms with Crippen molar-refractivity contribution in [2.45, 2.75) is 110 Å². The van der Waals surface area contributed by atoms with E-state index in [-0.39, 0.29) is 48.1 Å². The first-order valence-electron chi connectivity index (χ1n) is 15.5. The molecule has 1 aromatic carbocycles. The van der Waals surface area contributed by atoms with E-state index in [1.165, 1.54) is 0 Å². The summed E-state index contributed by atoms with van der Waals surface area (Å²) >= 11 is 0. The number of nitrogens with one attached hydrogen (secondary N) is 1. The third-order valence-corrected chi connectivity index (χ3v) is 8.87. The molecule has 0 spiro atoms. The summed E-state index contributed by atoms with van der Waals surface area (Å²) in [5, 5.41) is 13.7. The van der Waals surface area contributed by atoms with Gasteiger partial charge in [-0.2, -0.15) is 0 Å². The van der Waals surface area contributed by atoms with E-state index in [1.54, 1.807) is 33.0 Å². The Bertz CT molecular complexity index is 989. The molecular formula is C33H55N3O6. The zero-order chi connectivity index (χ0) is 31.6. The number of aliphatic hydroxyl groups is 1.